The lowest BCUT2D eigenvalue weighted by atomic mass is 10.1. The summed E-state index contributed by atoms with van der Waals surface area (Å²) in [5.74, 6) is 0.548. The van der Waals surface area contributed by atoms with E-state index in [0.29, 0.717) is 5.52 Å². The third-order valence-corrected chi connectivity index (χ3v) is 3.84. The number of aryl methyl sites for hydroxylation is 2. The van der Waals surface area contributed by atoms with Crippen LogP contribution in [0.3, 0.4) is 0 Å². The molecule has 3 nitrogen and oxygen atoms in total. The Morgan fingerprint density at radius 3 is 2.68 bits per heavy atom. The van der Waals surface area contributed by atoms with Crippen LogP contribution in [-0.2, 0) is 13.0 Å². The van der Waals surface area contributed by atoms with Crippen molar-refractivity contribution in [2.24, 2.45) is 5.73 Å². The van der Waals surface area contributed by atoms with Gasteiger partial charge in [-0.05, 0) is 37.5 Å². The van der Waals surface area contributed by atoms with E-state index in [2.05, 4.69) is 33.8 Å². The lowest BCUT2D eigenvalue weighted by molar-refractivity contribution is 0.593. The van der Waals surface area contributed by atoms with Crippen LogP contribution in [0, 0.1) is 5.82 Å². The molecule has 1 atom stereocenters. The molecule has 0 spiro atoms. The zero-order valence-corrected chi connectivity index (χ0v) is 12.7. The molecule has 0 aliphatic carbocycles. The Balaban J connectivity index is 1.84. The lowest BCUT2D eigenvalue weighted by Crippen LogP contribution is -2.14. The molecule has 1 unspecified atom stereocenters. The first-order valence-corrected chi connectivity index (χ1v) is 7.60. The maximum absolute atomic E-state index is 13.4. The van der Waals surface area contributed by atoms with Gasteiger partial charge < -0.3 is 10.3 Å². The van der Waals surface area contributed by atoms with Crippen LogP contribution in [0.15, 0.2) is 48.5 Å². The number of hydrogen-bond donors (Lipinski definition) is 1. The van der Waals surface area contributed by atoms with E-state index >= 15 is 0 Å². The molecular weight excluding hydrogens is 277 g/mol. The topological polar surface area (TPSA) is 43.8 Å². The highest BCUT2D eigenvalue weighted by molar-refractivity contribution is 5.76. The van der Waals surface area contributed by atoms with Gasteiger partial charge in [0.15, 0.2) is 0 Å². The standard InChI is InChI=1S/C18H20FN3/c1-13(20)18-21-16-12-15(19)9-10-17(16)22(18)11-5-8-14-6-3-2-4-7-14/h2-4,6-7,9-10,12-13H,5,8,11,20H2,1H3. The molecule has 3 rings (SSSR count). The Morgan fingerprint density at radius 1 is 1.18 bits per heavy atom. The SMILES string of the molecule is CC(N)c1nc2cc(F)ccc2n1CCCc1ccccc1. The number of benzene rings is 2. The van der Waals surface area contributed by atoms with Crippen molar-refractivity contribution >= 4 is 11.0 Å². The molecular formula is C18H20FN3. The van der Waals surface area contributed by atoms with Gasteiger partial charge in [-0.25, -0.2) is 9.37 Å². The molecule has 114 valence electrons. The number of halogens is 1. The first-order chi connectivity index (χ1) is 10.6. The molecule has 0 aliphatic rings. The molecule has 4 heteroatoms. The maximum atomic E-state index is 13.4. The van der Waals surface area contributed by atoms with Gasteiger partial charge in [0, 0.05) is 12.6 Å². The summed E-state index contributed by atoms with van der Waals surface area (Å²) in [6.07, 6.45) is 1.99. The first-order valence-electron chi connectivity index (χ1n) is 7.60. The summed E-state index contributed by atoms with van der Waals surface area (Å²) in [5, 5.41) is 0. The normalized spacial score (nSPS) is 12.7. The lowest BCUT2D eigenvalue weighted by Gasteiger charge is -2.11. The number of nitrogens with two attached hydrogens (primary N) is 1. The summed E-state index contributed by atoms with van der Waals surface area (Å²) in [4.78, 5) is 4.50. The second-order valence-electron chi connectivity index (χ2n) is 5.63. The summed E-state index contributed by atoms with van der Waals surface area (Å²) < 4.78 is 15.5. The highest BCUT2D eigenvalue weighted by Crippen LogP contribution is 2.21. The molecule has 0 saturated heterocycles. The molecule has 0 radical (unpaired) electrons. The first kappa shape index (κ1) is 14.7. The summed E-state index contributed by atoms with van der Waals surface area (Å²) in [7, 11) is 0. The van der Waals surface area contributed by atoms with Crippen molar-refractivity contribution in [1.29, 1.82) is 0 Å². The zero-order chi connectivity index (χ0) is 15.5. The van der Waals surface area contributed by atoms with Gasteiger partial charge in [-0.1, -0.05) is 30.3 Å². The quantitative estimate of drug-likeness (QED) is 0.778. The van der Waals surface area contributed by atoms with Crippen molar-refractivity contribution in [2.75, 3.05) is 0 Å². The van der Waals surface area contributed by atoms with E-state index in [1.54, 1.807) is 6.07 Å². The minimum atomic E-state index is -0.266. The van der Waals surface area contributed by atoms with Gasteiger partial charge in [0.2, 0.25) is 0 Å². The van der Waals surface area contributed by atoms with E-state index in [1.807, 2.05) is 13.0 Å². The van der Waals surface area contributed by atoms with Gasteiger partial charge in [0.05, 0.1) is 17.1 Å². The highest BCUT2D eigenvalue weighted by atomic mass is 19.1. The van der Waals surface area contributed by atoms with Gasteiger partial charge in [-0.2, -0.15) is 0 Å². The predicted octanol–water partition coefficient (Wildman–Crippen LogP) is 3.83. The fourth-order valence-electron chi connectivity index (χ4n) is 2.79. The molecule has 0 bridgehead atoms. The highest BCUT2D eigenvalue weighted by Gasteiger charge is 2.14. The van der Waals surface area contributed by atoms with E-state index in [0.717, 1.165) is 30.7 Å². The number of fused-ring (bicyclic) bond motifs is 1. The van der Waals surface area contributed by atoms with Crippen LogP contribution in [-0.4, -0.2) is 9.55 Å². The van der Waals surface area contributed by atoms with Crippen LogP contribution < -0.4 is 5.73 Å². The molecule has 1 heterocycles. The van der Waals surface area contributed by atoms with Crippen molar-refractivity contribution in [1.82, 2.24) is 9.55 Å². The minimum absolute atomic E-state index is 0.174. The van der Waals surface area contributed by atoms with Crippen LogP contribution in [0.4, 0.5) is 4.39 Å². The largest absolute Gasteiger partial charge is 0.327 e. The second-order valence-corrected chi connectivity index (χ2v) is 5.63. The molecule has 22 heavy (non-hydrogen) atoms. The third kappa shape index (κ3) is 3.02. The Morgan fingerprint density at radius 2 is 1.95 bits per heavy atom. The monoisotopic (exact) mass is 297 g/mol. The van der Waals surface area contributed by atoms with Gasteiger partial charge in [-0.15, -0.1) is 0 Å². The number of nitrogens with zero attached hydrogens (tertiary/aromatic N) is 2. The third-order valence-electron chi connectivity index (χ3n) is 3.84. The smallest absolute Gasteiger partial charge is 0.126 e. The summed E-state index contributed by atoms with van der Waals surface area (Å²) in [6, 6.07) is 14.9. The number of aromatic nitrogens is 2. The van der Waals surface area contributed by atoms with Crippen LogP contribution >= 0.6 is 0 Å². The van der Waals surface area contributed by atoms with E-state index in [-0.39, 0.29) is 11.9 Å². The maximum Gasteiger partial charge on any atom is 0.126 e. The zero-order valence-electron chi connectivity index (χ0n) is 12.7. The van der Waals surface area contributed by atoms with Crippen molar-refractivity contribution in [2.45, 2.75) is 32.4 Å². The van der Waals surface area contributed by atoms with Crippen LogP contribution in [0.2, 0.25) is 0 Å². The molecule has 0 aliphatic heterocycles. The molecule has 2 aromatic carbocycles. The van der Waals surface area contributed by atoms with Gasteiger partial charge in [0.25, 0.3) is 0 Å². The Labute approximate surface area is 129 Å². The van der Waals surface area contributed by atoms with E-state index in [4.69, 9.17) is 5.73 Å². The van der Waals surface area contributed by atoms with Crippen LogP contribution in [0.5, 0.6) is 0 Å². The minimum Gasteiger partial charge on any atom is -0.327 e. The van der Waals surface area contributed by atoms with Crippen LogP contribution in [0.1, 0.15) is 30.8 Å². The molecule has 3 aromatic rings. The molecule has 2 N–H and O–H groups in total. The van der Waals surface area contributed by atoms with E-state index in [1.165, 1.54) is 17.7 Å². The van der Waals surface area contributed by atoms with Crippen molar-refractivity contribution in [3.8, 4) is 0 Å². The summed E-state index contributed by atoms with van der Waals surface area (Å²) >= 11 is 0. The number of imidazole rings is 1. The molecule has 0 fully saturated rings. The average molecular weight is 297 g/mol. The van der Waals surface area contributed by atoms with Crippen LogP contribution in [0.25, 0.3) is 11.0 Å². The second kappa shape index (κ2) is 6.28. The average Bonchev–Trinajstić information content (AvgIpc) is 2.86. The summed E-state index contributed by atoms with van der Waals surface area (Å²) in [6.45, 7) is 2.74. The Kier molecular flexibility index (Phi) is 4.20. The number of hydrogen-bond acceptors (Lipinski definition) is 2. The molecule has 0 saturated carbocycles. The van der Waals surface area contributed by atoms with E-state index in [9.17, 15) is 4.39 Å². The van der Waals surface area contributed by atoms with Gasteiger partial charge in [0.1, 0.15) is 11.6 Å². The predicted molar refractivity (Wildman–Crippen MR) is 87.1 cm³/mol. The van der Waals surface area contributed by atoms with Gasteiger partial charge >= 0.3 is 0 Å². The van der Waals surface area contributed by atoms with Gasteiger partial charge in [-0.3, -0.25) is 0 Å². The van der Waals surface area contributed by atoms with Crippen molar-refractivity contribution in [3.05, 3.63) is 65.7 Å². The Bertz CT molecular complexity index is 763. The summed E-state index contributed by atoms with van der Waals surface area (Å²) in [5.41, 5.74) is 8.96. The molecule has 0 amide bonds. The fourth-order valence-corrected chi connectivity index (χ4v) is 2.79. The number of rotatable bonds is 5. The van der Waals surface area contributed by atoms with Crippen molar-refractivity contribution < 1.29 is 4.39 Å². The van der Waals surface area contributed by atoms with E-state index < -0.39 is 0 Å². The Hall–Kier alpha value is -2.20. The van der Waals surface area contributed by atoms with Crippen molar-refractivity contribution in [3.63, 3.8) is 0 Å². The fraction of sp³-hybridized carbons (Fsp3) is 0.278. The molecule has 1 aromatic heterocycles.